The minimum absolute atomic E-state index is 0.107. The SMILES string of the molecule is COC(=O)[C@@H]1Cc2c([nH]c3ccccc23)[C@H](c2cccnc2)N1. The zero-order valence-corrected chi connectivity index (χ0v) is 12.7. The molecule has 4 rings (SSSR count). The molecule has 2 aromatic heterocycles. The molecule has 3 aromatic rings. The predicted molar refractivity (Wildman–Crippen MR) is 87.0 cm³/mol. The highest BCUT2D eigenvalue weighted by molar-refractivity contribution is 5.87. The number of para-hydroxylation sites is 1. The van der Waals surface area contributed by atoms with Gasteiger partial charge in [0.2, 0.25) is 0 Å². The second-order valence-corrected chi connectivity index (χ2v) is 5.73. The minimum atomic E-state index is -0.364. The van der Waals surface area contributed by atoms with Crippen molar-refractivity contribution in [2.24, 2.45) is 0 Å². The Kier molecular flexibility index (Phi) is 3.35. The molecule has 116 valence electrons. The van der Waals surface area contributed by atoms with Crippen LogP contribution in [-0.4, -0.2) is 29.1 Å². The van der Waals surface area contributed by atoms with E-state index in [2.05, 4.69) is 27.4 Å². The molecule has 1 aromatic carbocycles. The number of carbonyl (C=O) groups is 1. The summed E-state index contributed by atoms with van der Waals surface area (Å²) < 4.78 is 4.95. The van der Waals surface area contributed by atoms with E-state index in [9.17, 15) is 4.79 Å². The number of carbonyl (C=O) groups excluding carboxylic acids is 1. The molecule has 0 aliphatic carbocycles. The van der Waals surface area contributed by atoms with Crippen molar-refractivity contribution in [2.75, 3.05) is 7.11 Å². The summed E-state index contributed by atoms with van der Waals surface area (Å²) in [7, 11) is 1.42. The van der Waals surface area contributed by atoms with E-state index in [1.165, 1.54) is 12.7 Å². The Morgan fingerprint density at radius 2 is 2.13 bits per heavy atom. The number of ether oxygens (including phenoxy) is 1. The van der Waals surface area contributed by atoms with Crippen LogP contribution >= 0.6 is 0 Å². The van der Waals surface area contributed by atoms with Crippen LogP contribution < -0.4 is 5.32 Å². The van der Waals surface area contributed by atoms with Gasteiger partial charge in [-0.05, 0) is 23.3 Å². The number of aromatic amines is 1. The Morgan fingerprint density at radius 3 is 2.91 bits per heavy atom. The highest BCUT2D eigenvalue weighted by Crippen LogP contribution is 2.35. The lowest BCUT2D eigenvalue weighted by Gasteiger charge is -2.30. The molecule has 0 saturated carbocycles. The molecule has 0 amide bonds. The van der Waals surface area contributed by atoms with Crippen LogP contribution in [0.25, 0.3) is 10.9 Å². The van der Waals surface area contributed by atoms with E-state index in [1.807, 2.05) is 30.5 Å². The molecule has 2 atom stereocenters. The Balaban J connectivity index is 1.88. The molecule has 0 fully saturated rings. The number of pyridine rings is 1. The number of nitrogens with one attached hydrogen (secondary N) is 2. The van der Waals surface area contributed by atoms with Crippen LogP contribution in [0, 0.1) is 0 Å². The second kappa shape index (κ2) is 5.52. The van der Waals surface area contributed by atoms with E-state index >= 15 is 0 Å². The molecule has 2 N–H and O–H groups in total. The molecule has 1 aliphatic rings. The molecule has 0 unspecified atom stereocenters. The Bertz CT molecular complexity index is 857. The number of benzene rings is 1. The summed E-state index contributed by atoms with van der Waals surface area (Å²) >= 11 is 0. The summed E-state index contributed by atoms with van der Waals surface area (Å²) in [6, 6.07) is 11.6. The van der Waals surface area contributed by atoms with Crippen molar-refractivity contribution in [3.63, 3.8) is 0 Å². The lowest BCUT2D eigenvalue weighted by Crippen LogP contribution is -2.45. The van der Waals surface area contributed by atoms with Gasteiger partial charge in [0.05, 0.1) is 13.2 Å². The topological polar surface area (TPSA) is 67.0 Å². The van der Waals surface area contributed by atoms with Gasteiger partial charge in [0.1, 0.15) is 6.04 Å². The lowest BCUT2D eigenvalue weighted by atomic mass is 9.91. The Labute approximate surface area is 133 Å². The number of H-pyrrole nitrogens is 1. The molecule has 5 heteroatoms. The third-order valence-electron chi connectivity index (χ3n) is 4.41. The zero-order valence-electron chi connectivity index (χ0n) is 12.7. The summed E-state index contributed by atoms with van der Waals surface area (Å²) in [4.78, 5) is 19.8. The first-order valence-electron chi connectivity index (χ1n) is 7.61. The van der Waals surface area contributed by atoms with Crippen LogP contribution in [0.5, 0.6) is 0 Å². The lowest BCUT2D eigenvalue weighted by molar-refractivity contribution is -0.143. The summed E-state index contributed by atoms with van der Waals surface area (Å²) in [5, 5.41) is 4.55. The van der Waals surface area contributed by atoms with E-state index in [1.54, 1.807) is 6.20 Å². The van der Waals surface area contributed by atoms with Gasteiger partial charge in [-0.15, -0.1) is 0 Å². The largest absolute Gasteiger partial charge is 0.468 e. The fraction of sp³-hybridized carbons (Fsp3) is 0.222. The number of aromatic nitrogens is 2. The van der Waals surface area contributed by atoms with Crippen LogP contribution in [0.1, 0.15) is 22.9 Å². The standard InChI is InChI=1S/C18H17N3O2/c1-23-18(22)15-9-13-12-6-2-3-7-14(12)20-17(13)16(21-15)11-5-4-8-19-10-11/h2-8,10,15-16,20-21H,9H2,1H3/t15-,16-/m0/s1. The number of fused-ring (bicyclic) bond motifs is 3. The van der Waals surface area contributed by atoms with E-state index in [0.717, 1.165) is 22.2 Å². The van der Waals surface area contributed by atoms with Gasteiger partial charge in [0, 0.05) is 35.4 Å². The third-order valence-corrected chi connectivity index (χ3v) is 4.41. The Hall–Kier alpha value is -2.66. The zero-order chi connectivity index (χ0) is 15.8. The minimum Gasteiger partial charge on any atom is -0.468 e. The normalized spacial score (nSPS) is 20.2. The fourth-order valence-corrected chi connectivity index (χ4v) is 3.34. The molecule has 0 spiro atoms. The van der Waals surface area contributed by atoms with Gasteiger partial charge in [-0.3, -0.25) is 15.1 Å². The number of esters is 1. The van der Waals surface area contributed by atoms with Gasteiger partial charge in [0.25, 0.3) is 0 Å². The van der Waals surface area contributed by atoms with E-state index in [0.29, 0.717) is 6.42 Å². The smallest absolute Gasteiger partial charge is 0.323 e. The van der Waals surface area contributed by atoms with Crippen LogP contribution in [0.15, 0.2) is 48.8 Å². The summed E-state index contributed by atoms with van der Waals surface area (Å²) in [5.41, 5.74) is 4.37. The highest BCUT2D eigenvalue weighted by Gasteiger charge is 2.34. The molecule has 0 saturated heterocycles. The number of methoxy groups -OCH3 is 1. The molecular weight excluding hydrogens is 290 g/mol. The van der Waals surface area contributed by atoms with Crippen molar-refractivity contribution in [3.05, 3.63) is 65.6 Å². The van der Waals surface area contributed by atoms with Crippen molar-refractivity contribution in [3.8, 4) is 0 Å². The number of hydrogen-bond donors (Lipinski definition) is 2. The average molecular weight is 307 g/mol. The molecule has 1 aliphatic heterocycles. The summed E-state index contributed by atoms with van der Waals surface area (Å²) in [6.45, 7) is 0. The van der Waals surface area contributed by atoms with E-state index in [4.69, 9.17) is 4.74 Å². The highest BCUT2D eigenvalue weighted by atomic mass is 16.5. The summed E-state index contributed by atoms with van der Waals surface area (Å²) in [6.07, 6.45) is 4.19. The number of nitrogens with zero attached hydrogens (tertiary/aromatic N) is 1. The van der Waals surface area contributed by atoms with Crippen LogP contribution in [0.2, 0.25) is 0 Å². The van der Waals surface area contributed by atoms with Crippen LogP contribution in [-0.2, 0) is 16.0 Å². The second-order valence-electron chi connectivity index (χ2n) is 5.73. The van der Waals surface area contributed by atoms with Crippen molar-refractivity contribution < 1.29 is 9.53 Å². The molecule has 0 bridgehead atoms. The monoisotopic (exact) mass is 307 g/mol. The summed E-state index contributed by atoms with van der Waals surface area (Å²) in [5.74, 6) is -0.241. The van der Waals surface area contributed by atoms with Gasteiger partial charge in [-0.25, -0.2) is 0 Å². The first kappa shape index (κ1) is 14.0. The first-order valence-corrected chi connectivity index (χ1v) is 7.61. The van der Waals surface area contributed by atoms with Crippen molar-refractivity contribution >= 4 is 16.9 Å². The third kappa shape index (κ3) is 2.29. The van der Waals surface area contributed by atoms with Crippen molar-refractivity contribution in [1.29, 1.82) is 0 Å². The van der Waals surface area contributed by atoms with E-state index < -0.39 is 0 Å². The first-order chi connectivity index (χ1) is 11.3. The molecular formula is C18H17N3O2. The molecule has 0 radical (unpaired) electrons. The molecule has 3 heterocycles. The van der Waals surface area contributed by atoms with Gasteiger partial charge < -0.3 is 9.72 Å². The maximum atomic E-state index is 12.1. The predicted octanol–water partition coefficient (Wildman–Crippen LogP) is 2.34. The molecule has 23 heavy (non-hydrogen) atoms. The number of hydrogen-bond acceptors (Lipinski definition) is 4. The maximum Gasteiger partial charge on any atom is 0.323 e. The van der Waals surface area contributed by atoms with Crippen LogP contribution in [0.4, 0.5) is 0 Å². The van der Waals surface area contributed by atoms with Gasteiger partial charge in [-0.1, -0.05) is 24.3 Å². The van der Waals surface area contributed by atoms with Gasteiger partial charge in [-0.2, -0.15) is 0 Å². The fourth-order valence-electron chi connectivity index (χ4n) is 3.34. The quantitative estimate of drug-likeness (QED) is 0.713. The maximum absolute atomic E-state index is 12.1. The molecule has 5 nitrogen and oxygen atoms in total. The Morgan fingerprint density at radius 1 is 1.26 bits per heavy atom. The van der Waals surface area contributed by atoms with Crippen molar-refractivity contribution in [2.45, 2.75) is 18.5 Å². The van der Waals surface area contributed by atoms with Crippen molar-refractivity contribution in [1.82, 2.24) is 15.3 Å². The van der Waals surface area contributed by atoms with Crippen LogP contribution in [0.3, 0.4) is 0 Å². The van der Waals surface area contributed by atoms with E-state index in [-0.39, 0.29) is 18.1 Å². The average Bonchev–Trinajstić information content (AvgIpc) is 2.99. The van der Waals surface area contributed by atoms with Gasteiger partial charge >= 0.3 is 5.97 Å². The van der Waals surface area contributed by atoms with Gasteiger partial charge in [0.15, 0.2) is 0 Å². The number of rotatable bonds is 2.